The van der Waals surface area contributed by atoms with Crippen LogP contribution in [0.2, 0.25) is 10.0 Å². The van der Waals surface area contributed by atoms with Gasteiger partial charge in [0.1, 0.15) is 12.3 Å². The minimum atomic E-state index is -0.309. The molecule has 41 heavy (non-hydrogen) atoms. The Morgan fingerprint density at radius 1 is 1.02 bits per heavy atom. The van der Waals surface area contributed by atoms with E-state index in [2.05, 4.69) is 48.5 Å². The Morgan fingerprint density at radius 3 is 2.34 bits per heavy atom. The van der Waals surface area contributed by atoms with E-state index >= 15 is 0 Å². The van der Waals surface area contributed by atoms with Crippen LogP contribution >= 0.6 is 35.0 Å². The van der Waals surface area contributed by atoms with Gasteiger partial charge in [-0.3, -0.25) is 14.5 Å². The molecule has 0 bridgehead atoms. The van der Waals surface area contributed by atoms with Crippen LogP contribution < -0.4 is 9.64 Å². The van der Waals surface area contributed by atoms with Crippen LogP contribution in [-0.4, -0.2) is 81.4 Å². The quantitative estimate of drug-likeness (QED) is 0.304. The second-order valence-electron chi connectivity index (χ2n) is 9.96. The van der Waals surface area contributed by atoms with Gasteiger partial charge in [-0.05, 0) is 61.2 Å². The van der Waals surface area contributed by atoms with Crippen molar-refractivity contribution < 1.29 is 19.1 Å². The number of benzene rings is 3. The average molecular weight is 617 g/mol. The summed E-state index contributed by atoms with van der Waals surface area (Å²) >= 11 is 13.9. The van der Waals surface area contributed by atoms with Gasteiger partial charge >= 0.3 is 0 Å². The number of halogens is 2. The Balaban J connectivity index is 0.000000483. The van der Waals surface area contributed by atoms with Crippen molar-refractivity contribution in [3.63, 3.8) is 0 Å². The second kappa shape index (κ2) is 14.4. The Morgan fingerprint density at radius 2 is 1.68 bits per heavy atom. The normalized spacial score (nSPS) is 15.8. The lowest BCUT2D eigenvalue weighted by Crippen LogP contribution is -2.46. The van der Waals surface area contributed by atoms with Gasteiger partial charge in [-0.2, -0.15) is 0 Å². The number of likely N-dealkylation sites (N-methyl/N-ethyl adjacent to an activating group) is 2. The zero-order valence-corrected chi connectivity index (χ0v) is 26.1. The summed E-state index contributed by atoms with van der Waals surface area (Å²) in [5.41, 5.74) is 3.66. The van der Waals surface area contributed by atoms with E-state index < -0.39 is 0 Å². The molecular weight excluding hydrogens is 581 g/mol. The first kappa shape index (κ1) is 31.2. The summed E-state index contributed by atoms with van der Waals surface area (Å²) in [4.78, 5) is 32.3. The van der Waals surface area contributed by atoms with E-state index in [4.69, 9.17) is 32.7 Å². The molecule has 5 rings (SSSR count). The predicted octanol–water partition coefficient (Wildman–Crippen LogP) is 6.28. The van der Waals surface area contributed by atoms with Crippen LogP contribution in [0, 0.1) is 0 Å². The van der Waals surface area contributed by atoms with Crippen LogP contribution in [0.3, 0.4) is 0 Å². The van der Waals surface area contributed by atoms with Crippen molar-refractivity contribution in [1.82, 2.24) is 9.80 Å². The van der Waals surface area contributed by atoms with Gasteiger partial charge in [-0.1, -0.05) is 53.5 Å². The van der Waals surface area contributed by atoms with Crippen LogP contribution in [0.15, 0.2) is 65.6 Å². The maximum absolute atomic E-state index is 13.2. The largest absolute Gasteiger partial charge is 0.482 e. The number of ether oxygens (including phenoxy) is 2. The van der Waals surface area contributed by atoms with E-state index in [1.54, 1.807) is 35.8 Å². The number of amides is 2. The fourth-order valence-corrected chi connectivity index (χ4v) is 5.26. The first-order valence-corrected chi connectivity index (χ1v) is 15.3. The average Bonchev–Trinajstić information content (AvgIpc) is 2.99. The van der Waals surface area contributed by atoms with E-state index in [1.165, 1.54) is 9.80 Å². The lowest BCUT2D eigenvalue weighted by molar-refractivity contribution is -0.132. The van der Waals surface area contributed by atoms with Crippen molar-refractivity contribution in [1.29, 1.82) is 0 Å². The topological polar surface area (TPSA) is 62.3 Å². The number of rotatable bonds is 6. The van der Waals surface area contributed by atoms with Crippen LogP contribution in [-0.2, 0) is 14.3 Å². The molecule has 0 aromatic heterocycles. The maximum atomic E-state index is 13.2. The van der Waals surface area contributed by atoms with Gasteiger partial charge in [-0.25, -0.2) is 0 Å². The highest BCUT2D eigenvalue weighted by Gasteiger charge is 2.30. The third kappa shape index (κ3) is 7.96. The smallest absolute Gasteiger partial charge is 0.265 e. The highest BCUT2D eigenvalue weighted by atomic mass is 35.5. The summed E-state index contributed by atoms with van der Waals surface area (Å²) in [5.74, 6) is -0.0804. The number of anilines is 1. The summed E-state index contributed by atoms with van der Waals surface area (Å²) in [6.45, 7) is 5.71. The minimum absolute atomic E-state index is 0.122. The van der Waals surface area contributed by atoms with Gasteiger partial charge in [0.05, 0.1) is 35.0 Å². The molecule has 3 aromatic rings. The van der Waals surface area contributed by atoms with Gasteiger partial charge in [0.2, 0.25) is 5.91 Å². The fourth-order valence-electron chi connectivity index (χ4n) is 4.49. The van der Waals surface area contributed by atoms with Crippen LogP contribution in [0.1, 0.15) is 18.5 Å². The maximum Gasteiger partial charge on any atom is 0.265 e. The number of morpholine rings is 1. The molecular formula is C31H35Cl2N3O4S. The molecule has 1 fully saturated rings. The first-order valence-electron chi connectivity index (χ1n) is 13.4. The molecule has 7 nitrogen and oxygen atoms in total. The van der Waals surface area contributed by atoms with Crippen LogP contribution in [0.4, 0.5) is 5.69 Å². The minimum Gasteiger partial charge on any atom is -0.482 e. The van der Waals surface area contributed by atoms with Crippen LogP contribution in [0.5, 0.6) is 5.75 Å². The van der Waals surface area contributed by atoms with Gasteiger partial charge in [0.15, 0.2) is 6.61 Å². The molecule has 1 saturated heterocycles. The summed E-state index contributed by atoms with van der Waals surface area (Å²) < 4.78 is 10.6. The van der Waals surface area contributed by atoms with Crippen molar-refractivity contribution >= 4 is 52.5 Å². The number of carbonyl (C=O) groups excluding carboxylic acids is 2. The summed E-state index contributed by atoms with van der Waals surface area (Å²) in [6, 6.07) is 19.5. The zero-order chi connectivity index (χ0) is 29.5. The number of nitrogens with zero attached hydrogens (tertiary/aromatic N) is 3. The van der Waals surface area contributed by atoms with E-state index in [1.807, 2.05) is 25.1 Å². The number of hydrogen-bond acceptors (Lipinski definition) is 6. The molecule has 0 radical (unpaired) electrons. The number of hydrogen-bond donors (Lipinski definition) is 0. The highest BCUT2D eigenvalue weighted by molar-refractivity contribution is 7.98. The molecule has 10 heteroatoms. The molecule has 1 unspecified atom stereocenters. The Bertz CT molecular complexity index is 1380. The second-order valence-corrected chi connectivity index (χ2v) is 11.7. The molecule has 218 valence electrons. The summed E-state index contributed by atoms with van der Waals surface area (Å²) in [5, 5.41) is 0.620. The van der Waals surface area contributed by atoms with E-state index in [0.29, 0.717) is 21.5 Å². The molecule has 2 aliphatic rings. The third-order valence-corrected chi connectivity index (χ3v) is 8.67. The zero-order valence-electron chi connectivity index (χ0n) is 23.7. The van der Waals surface area contributed by atoms with Gasteiger partial charge in [0, 0.05) is 31.1 Å². The van der Waals surface area contributed by atoms with E-state index in [0.717, 1.165) is 43.0 Å². The molecule has 0 saturated carbocycles. The Hall–Kier alpha value is -2.75. The predicted molar refractivity (Wildman–Crippen MR) is 167 cm³/mol. The number of thioether (sulfide) groups is 1. The van der Waals surface area contributed by atoms with Crippen molar-refractivity contribution in [2.24, 2.45) is 0 Å². The summed E-state index contributed by atoms with van der Waals surface area (Å²) in [7, 11) is 3.86. The SMILES string of the molecule is CN1CCOCC1.CSc1cccc(-c2cccc(C(C)N(C)C(=O)CN3C(=O)COc4cc(Cl)c(Cl)cc43)c2)c1. The van der Waals surface area contributed by atoms with Gasteiger partial charge in [0.25, 0.3) is 5.91 Å². The molecule has 1 atom stereocenters. The van der Waals surface area contributed by atoms with Crippen LogP contribution in [0.25, 0.3) is 11.1 Å². The van der Waals surface area contributed by atoms with Crippen molar-refractivity contribution in [3.05, 3.63) is 76.3 Å². The molecule has 2 heterocycles. The van der Waals surface area contributed by atoms with Crippen molar-refractivity contribution in [2.45, 2.75) is 17.9 Å². The highest BCUT2D eigenvalue weighted by Crippen LogP contribution is 2.39. The summed E-state index contributed by atoms with van der Waals surface area (Å²) in [6.07, 6.45) is 2.05. The first-order chi connectivity index (χ1) is 19.7. The Kier molecular flexibility index (Phi) is 11.0. The molecule has 0 spiro atoms. The van der Waals surface area contributed by atoms with Crippen molar-refractivity contribution in [3.8, 4) is 16.9 Å². The lowest BCUT2D eigenvalue weighted by atomic mass is 9.99. The number of fused-ring (bicyclic) bond motifs is 1. The van der Waals surface area contributed by atoms with Gasteiger partial charge in [-0.15, -0.1) is 11.8 Å². The standard InChI is InChI=1S/C26H24Cl2N2O3S.C5H11NO/c1-16(17-6-4-7-18(10-17)19-8-5-9-20(11-19)34-3)29(2)25(31)14-30-23-12-21(27)22(28)13-24(23)33-15-26(30)32;1-6-2-4-7-5-3-6/h4-13,16H,14-15H2,1-3H3;2-5H2,1H3. The molecule has 0 N–H and O–H groups in total. The lowest BCUT2D eigenvalue weighted by Gasteiger charge is -2.32. The molecule has 2 aliphatic heterocycles. The van der Waals surface area contributed by atoms with E-state index in [9.17, 15) is 9.59 Å². The fraction of sp³-hybridized carbons (Fsp3) is 0.355. The monoisotopic (exact) mass is 615 g/mol. The molecule has 2 amide bonds. The van der Waals surface area contributed by atoms with Crippen molar-refractivity contribution in [2.75, 3.05) is 64.7 Å². The third-order valence-electron chi connectivity index (χ3n) is 7.22. The van der Waals surface area contributed by atoms with Gasteiger partial charge < -0.3 is 19.3 Å². The number of carbonyl (C=O) groups is 2. The van der Waals surface area contributed by atoms with E-state index in [-0.39, 0.29) is 31.0 Å². The molecule has 3 aromatic carbocycles. The molecule has 0 aliphatic carbocycles. The Labute approximate surface area is 256 Å².